The summed E-state index contributed by atoms with van der Waals surface area (Å²) >= 11 is 0. The fourth-order valence-electron chi connectivity index (χ4n) is 1.71. The summed E-state index contributed by atoms with van der Waals surface area (Å²) in [5.41, 5.74) is 0.831. The maximum Gasteiger partial charge on any atom is 0.306 e. The predicted molar refractivity (Wildman–Crippen MR) is 58.8 cm³/mol. The summed E-state index contributed by atoms with van der Waals surface area (Å²) in [5, 5.41) is 8.66. The highest BCUT2D eigenvalue weighted by Gasteiger charge is 2.29. The largest absolute Gasteiger partial charge is 0.497 e. The third kappa shape index (κ3) is 2.95. The Hall–Kier alpha value is -1.59. The van der Waals surface area contributed by atoms with E-state index in [9.17, 15) is 4.79 Å². The number of methoxy groups -OCH3 is 1. The second-order valence-corrected chi connectivity index (χ2v) is 3.80. The fraction of sp³-hybridized carbons (Fsp3) is 0.417. The standard InChI is InChI=1S/C12H14O5/c1-15-9-4-2-3-8(5-9)12-16-7-10(17-12)6-11(13)14/h2-5,10,12H,6-7H2,1H3,(H,13,14). The van der Waals surface area contributed by atoms with E-state index < -0.39 is 12.3 Å². The summed E-state index contributed by atoms with van der Waals surface area (Å²) in [4.78, 5) is 10.5. The van der Waals surface area contributed by atoms with Crippen LogP contribution in [0.5, 0.6) is 5.75 Å². The van der Waals surface area contributed by atoms with Crippen molar-refractivity contribution in [3.05, 3.63) is 29.8 Å². The van der Waals surface area contributed by atoms with E-state index in [-0.39, 0.29) is 12.5 Å². The smallest absolute Gasteiger partial charge is 0.306 e. The summed E-state index contributed by atoms with van der Waals surface area (Å²) in [7, 11) is 1.59. The number of carboxylic acids is 1. The van der Waals surface area contributed by atoms with Gasteiger partial charge < -0.3 is 19.3 Å². The van der Waals surface area contributed by atoms with Crippen LogP contribution in [0.1, 0.15) is 18.3 Å². The monoisotopic (exact) mass is 238 g/mol. The Kier molecular flexibility index (Phi) is 3.61. The first kappa shape index (κ1) is 11.9. The first-order chi connectivity index (χ1) is 8.19. The second kappa shape index (κ2) is 5.16. The number of hydrogen-bond donors (Lipinski definition) is 1. The third-order valence-corrected chi connectivity index (χ3v) is 2.52. The van der Waals surface area contributed by atoms with Gasteiger partial charge in [0, 0.05) is 5.56 Å². The van der Waals surface area contributed by atoms with Gasteiger partial charge in [-0.15, -0.1) is 0 Å². The Morgan fingerprint density at radius 1 is 1.59 bits per heavy atom. The average molecular weight is 238 g/mol. The van der Waals surface area contributed by atoms with Crippen LogP contribution in [0.4, 0.5) is 0 Å². The lowest BCUT2D eigenvalue weighted by Crippen LogP contribution is -2.15. The molecular formula is C12H14O5. The van der Waals surface area contributed by atoms with E-state index >= 15 is 0 Å². The molecule has 0 bridgehead atoms. The zero-order valence-corrected chi connectivity index (χ0v) is 9.46. The summed E-state index contributed by atoms with van der Waals surface area (Å²) in [6.45, 7) is 0.300. The van der Waals surface area contributed by atoms with Crippen LogP contribution < -0.4 is 4.74 Å². The van der Waals surface area contributed by atoms with Crippen LogP contribution in [-0.2, 0) is 14.3 Å². The summed E-state index contributed by atoms with van der Waals surface area (Å²) in [6.07, 6.45) is -0.932. The van der Waals surface area contributed by atoms with E-state index in [1.165, 1.54) is 0 Å². The highest BCUT2D eigenvalue weighted by molar-refractivity contribution is 5.67. The van der Waals surface area contributed by atoms with Gasteiger partial charge in [0.2, 0.25) is 0 Å². The van der Waals surface area contributed by atoms with Gasteiger partial charge in [0.05, 0.1) is 26.2 Å². The maximum absolute atomic E-state index is 10.5. The lowest BCUT2D eigenvalue weighted by molar-refractivity contribution is -0.140. The van der Waals surface area contributed by atoms with E-state index in [2.05, 4.69) is 0 Å². The minimum absolute atomic E-state index is 0.0412. The minimum Gasteiger partial charge on any atom is -0.497 e. The van der Waals surface area contributed by atoms with Crippen molar-refractivity contribution < 1.29 is 24.1 Å². The van der Waals surface area contributed by atoms with Gasteiger partial charge in [-0.3, -0.25) is 4.79 Å². The van der Waals surface area contributed by atoms with Crippen LogP contribution >= 0.6 is 0 Å². The molecule has 17 heavy (non-hydrogen) atoms. The van der Waals surface area contributed by atoms with Crippen molar-refractivity contribution in [1.29, 1.82) is 0 Å². The molecule has 0 spiro atoms. The molecule has 0 saturated carbocycles. The van der Waals surface area contributed by atoms with Crippen LogP contribution in [0.25, 0.3) is 0 Å². The lowest BCUT2D eigenvalue weighted by atomic mass is 10.2. The van der Waals surface area contributed by atoms with Gasteiger partial charge in [0.1, 0.15) is 5.75 Å². The SMILES string of the molecule is COc1cccc(C2OCC(CC(=O)O)O2)c1. The van der Waals surface area contributed by atoms with Crippen LogP contribution in [0, 0.1) is 0 Å². The van der Waals surface area contributed by atoms with Crippen molar-refractivity contribution in [2.24, 2.45) is 0 Å². The molecule has 1 aromatic carbocycles. The van der Waals surface area contributed by atoms with E-state index in [0.717, 1.165) is 11.3 Å². The molecule has 2 unspecified atom stereocenters. The van der Waals surface area contributed by atoms with Crippen molar-refractivity contribution in [2.45, 2.75) is 18.8 Å². The van der Waals surface area contributed by atoms with E-state index in [1.54, 1.807) is 7.11 Å². The first-order valence-electron chi connectivity index (χ1n) is 5.32. The van der Waals surface area contributed by atoms with E-state index in [0.29, 0.717) is 6.61 Å². The zero-order chi connectivity index (χ0) is 12.3. The van der Waals surface area contributed by atoms with Crippen LogP contribution in [0.15, 0.2) is 24.3 Å². The summed E-state index contributed by atoms with van der Waals surface area (Å²) < 4.78 is 16.0. The quantitative estimate of drug-likeness (QED) is 0.862. The van der Waals surface area contributed by atoms with Gasteiger partial charge in [0.25, 0.3) is 0 Å². The second-order valence-electron chi connectivity index (χ2n) is 3.80. The highest BCUT2D eigenvalue weighted by Crippen LogP contribution is 2.29. The molecule has 1 aromatic rings. The van der Waals surface area contributed by atoms with Crippen molar-refractivity contribution in [3.63, 3.8) is 0 Å². The number of hydrogen-bond acceptors (Lipinski definition) is 4. The van der Waals surface area contributed by atoms with Crippen LogP contribution in [0.3, 0.4) is 0 Å². The fourth-order valence-corrected chi connectivity index (χ4v) is 1.71. The Bertz CT molecular complexity index is 404. The molecule has 1 aliphatic heterocycles. The van der Waals surface area contributed by atoms with Gasteiger partial charge >= 0.3 is 5.97 Å². The Morgan fingerprint density at radius 3 is 3.12 bits per heavy atom. The Morgan fingerprint density at radius 2 is 2.41 bits per heavy atom. The maximum atomic E-state index is 10.5. The molecule has 1 fully saturated rings. The van der Waals surface area contributed by atoms with Crippen molar-refractivity contribution >= 4 is 5.97 Å². The molecule has 5 heteroatoms. The van der Waals surface area contributed by atoms with Crippen LogP contribution in [-0.4, -0.2) is 30.9 Å². The predicted octanol–water partition coefficient (Wildman–Crippen LogP) is 1.58. The highest BCUT2D eigenvalue weighted by atomic mass is 16.7. The van der Waals surface area contributed by atoms with Gasteiger partial charge in [-0.1, -0.05) is 12.1 Å². The minimum atomic E-state index is -0.884. The average Bonchev–Trinajstić information content (AvgIpc) is 2.77. The normalized spacial score (nSPS) is 23.6. The number of aliphatic carboxylic acids is 1. The Balaban J connectivity index is 2.01. The zero-order valence-electron chi connectivity index (χ0n) is 9.46. The van der Waals surface area contributed by atoms with E-state index in [1.807, 2.05) is 24.3 Å². The molecule has 0 aliphatic carbocycles. The molecule has 2 atom stereocenters. The molecule has 0 aromatic heterocycles. The topological polar surface area (TPSA) is 65.0 Å². The van der Waals surface area contributed by atoms with Gasteiger partial charge in [-0.25, -0.2) is 0 Å². The number of ether oxygens (including phenoxy) is 3. The molecular weight excluding hydrogens is 224 g/mol. The van der Waals surface area contributed by atoms with Gasteiger partial charge in [-0.2, -0.15) is 0 Å². The van der Waals surface area contributed by atoms with Crippen molar-refractivity contribution in [3.8, 4) is 5.75 Å². The van der Waals surface area contributed by atoms with Gasteiger partial charge in [-0.05, 0) is 12.1 Å². The molecule has 0 radical (unpaired) electrons. The molecule has 1 saturated heterocycles. The molecule has 1 heterocycles. The number of carboxylic acid groups (broad SMARTS) is 1. The summed E-state index contributed by atoms with van der Waals surface area (Å²) in [5.74, 6) is -0.165. The Labute approximate surface area is 98.9 Å². The van der Waals surface area contributed by atoms with E-state index in [4.69, 9.17) is 19.3 Å². The molecule has 1 aliphatic rings. The summed E-state index contributed by atoms with van der Waals surface area (Å²) in [6, 6.07) is 7.34. The number of carbonyl (C=O) groups is 1. The molecule has 5 nitrogen and oxygen atoms in total. The molecule has 0 amide bonds. The van der Waals surface area contributed by atoms with Crippen LogP contribution in [0.2, 0.25) is 0 Å². The molecule has 1 N–H and O–H groups in total. The van der Waals surface area contributed by atoms with Crippen molar-refractivity contribution in [2.75, 3.05) is 13.7 Å². The number of benzene rings is 1. The van der Waals surface area contributed by atoms with Gasteiger partial charge in [0.15, 0.2) is 6.29 Å². The number of rotatable bonds is 4. The first-order valence-corrected chi connectivity index (χ1v) is 5.32. The third-order valence-electron chi connectivity index (χ3n) is 2.52. The molecule has 2 rings (SSSR count). The molecule has 92 valence electrons. The lowest BCUT2D eigenvalue weighted by Gasteiger charge is -2.11. The van der Waals surface area contributed by atoms with Crippen molar-refractivity contribution in [1.82, 2.24) is 0 Å².